The number of rotatable bonds is 6. The molecular formula is C28H36F4. The Hall–Kier alpha value is -1.76. The molecular weight excluding hydrogens is 412 g/mol. The predicted octanol–water partition coefficient (Wildman–Crippen LogP) is 8.95. The topological polar surface area (TPSA) is 0 Å². The van der Waals surface area contributed by atoms with Crippen molar-refractivity contribution in [2.75, 3.05) is 0 Å². The van der Waals surface area contributed by atoms with Gasteiger partial charge in [-0.1, -0.05) is 63.4 Å². The minimum Gasteiger partial charge on any atom is -0.206 e. The molecule has 0 bridgehead atoms. The van der Waals surface area contributed by atoms with Gasteiger partial charge in [-0.2, -0.15) is 13.2 Å². The van der Waals surface area contributed by atoms with Crippen molar-refractivity contribution in [2.45, 2.75) is 90.1 Å². The lowest BCUT2D eigenvalue weighted by Gasteiger charge is -2.37. The van der Waals surface area contributed by atoms with Gasteiger partial charge < -0.3 is 0 Å². The van der Waals surface area contributed by atoms with E-state index in [9.17, 15) is 17.6 Å². The van der Waals surface area contributed by atoms with Crippen LogP contribution in [0.2, 0.25) is 0 Å². The molecule has 0 aromatic heterocycles. The summed E-state index contributed by atoms with van der Waals surface area (Å²) in [6.45, 7) is 2.27. The maximum absolute atomic E-state index is 13.6. The van der Waals surface area contributed by atoms with E-state index in [2.05, 4.69) is 24.8 Å². The number of halogens is 4. The van der Waals surface area contributed by atoms with Gasteiger partial charge in [0.2, 0.25) is 0 Å². The van der Waals surface area contributed by atoms with Crippen LogP contribution in [-0.4, -0.2) is 0 Å². The number of hydrogen-bond acceptors (Lipinski definition) is 0. The first-order chi connectivity index (χ1) is 15.4. The minimum absolute atomic E-state index is 0.258. The van der Waals surface area contributed by atoms with E-state index in [1.54, 1.807) is 6.08 Å². The van der Waals surface area contributed by atoms with E-state index < -0.39 is 17.6 Å². The van der Waals surface area contributed by atoms with Gasteiger partial charge in [0.05, 0.1) is 5.56 Å². The van der Waals surface area contributed by atoms with Crippen molar-refractivity contribution >= 4 is 0 Å². The average Bonchev–Trinajstić information content (AvgIpc) is 2.77. The molecule has 0 atom stereocenters. The summed E-state index contributed by atoms with van der Waals surface area (Å²) in [7, 11) is 0. The van der Waals surface area contributed by atoms with Crippen LogP contribution in [0.25, 0.3) is 0 Å². The fourth-order valence-corrected chi connectivity index (χ4v) is 5.57. The summed E-state index contributed by atoms with van der Waals surface area (Å²) in [5, 5.41) is 0. The van der Waals surface area contributed by atoms with Gasteiger partial charge in [-0.25, -0.2) is 4.39 Å². The Morgan fingerprint density at radius 2 is 1.59 bits per heavy atom. The van der Waals surface area contributed by atoms with Gasteiger partial charge in [-0.05, 0) is 86.5 Å². The Labute approximate surface area is 190 Å². The zero-order valence-corrected chi connectivity index (χ0v) is 19.2. The van der Waals surface area contributed by atoms with Crippen LogP contribution in [0.5, 0.6) is 0 Å². The lowest BCUT2D eigenvalue weighted by molar-refractivity contribution is -0.140. The Morgan fingerprint density at radius 3 is 2.19 bits per heavy atom. The molecule has 2 aliphatic rings. The summed E-state index contributed by atoms with van der Waals surface area (Å²) >= 11 is 0. The highest BCUT2D eigenvalue weighted by molar-refractivity contribution is 5.39. The van der Waals surface area contributed by atoms with E-state index in [4.69, 9.17) is 0 Å². The first kappa shape index (κ1) is 24.9. The second-order valence-electron chi connectivity index (χ2n) is 9.77. The quantitative estimate of drug-likeness (QED) is 0.231. The molecule has 176 valence electrons. The number of allylic oxidation sites excluding steroid dienone is 2. The van der Waals surface area contributed by atoms with E-state index in [1.807, 2.05) is 0 Å². The van der Waals surface area contributed by atoms with Crippen molar-refractivity contribution in [2.24, 2.45) is 23.7 Å². The van der Waals surface area contributed by atoms with Crippen molar-refractivity contribution in [3.8, 4) is 11.8 Å². The molecule has 0 unspecified atom stereocenters. The standard InChI is InChI=1S/C28H36F4/c1-2-3-4-7-21-10-15-24(16-11-21)25-17-12-22(13-18-25)8-5-6-9-23-14-19-26(27(29)20-23)28(30,31)32/h5,8,14,19-22,24-25H,2-4,7,10-13,15-18H2,1H3/b8-5+. The Balaban J connectivity index is 1.40. The van der Waals surface area contributed by atoms with Gasteiger partial charge in [0.25, 0.3) is 0 Å². The normalized spacial score (nSPS) is 26.7. The van der Waals surface area contributed by atoms with Crippen molar-refractivity contribution in [3.05, 3.63) is 47.3 Å². The lowest BCUT2D eigenvalue weighted by Crippen LogP contribution is -2.25. The molecule has 0 nitrogen and oxygen atoms in total. The third-order valence-corrected chi connectivity index (χ3v) is 7.53. The molecule has 4 heteroatoms. The zero-order valence-electron chi connectivity index (χ0n) is 19.2. The summed E-state index contributed by atoms with van der Waals surface area (Å²) in [5.74, 6) is 7.60. The van der Waals surface area contributed by atoms with Crippen molar-refractivity contribution in [1.29, 1.82) is 0 Å². The van der Waals surface area contributed by atoms with Crippen molar-refractivity contribution in [1.82, 2.24) is 0 Å². The molecule has 3 rings (SSSR count). The molecule has 0 saturated heterocycles. The lowest BCUT2D eigenvalue weighted by atomic mass is 9.68. The molecule has 0 amide bonds. The summed E-state index contributed by atoms with van der Waals surface area (Å²) in [6, 6.07) is 2.83. The Morgan fingerprint density at radius 1 is 0.938 bits per heavy atom. The molecule has 32 heavy (non-hydrogen) atoms. The van der Waals surface area contributed by atoms with Gasteiger partial charge in [0, 0.05) is 5.56 Å². The second-order valence-corrected chi connectivity index (χ2v) is 9.77. The van der Waals surface area contributed by atoms with Crippen LogP contribution >= 0.6 is 0 Å². The summed E-state index contributed by atoms with van der Waals surface area (Å²) in [6.07, 6.45) is 15.4. The number of unbranched alkanes of at least 4 members (excludes halogenated alkanes) is 2. The van der Waals surface area contributed by atoms with Crippen LogP contribution in [-0.2, 0) is 6.18 Å². The van der Waals surface area contributed by atoms with Gasteiger partial charge >= 0.3 is 6.18 Å². The molecule has 0 radical (unpaired) electrons. The number of alkyl halides is 3. The van der Waals surface area contributed by atoms with E-state index in [1.165, 1.54) is 83.1 Å². The molecule has 1 aromatic rings. The zero-order chi connectivity index (χ0) is 23.0. The van der Waals surface area contributed by atoms with Crippen molar-refractivity contribution < 1.29 is 17.6 Å². The smallest absolute Gasteiger partial charge is 0.206 e. The van der Waals surface area contributed by atoms with E-state index >= 15 is 0 Å². The highest BCUT2D eigenvalue weighted by Crippen LogP contribution is 2.42. The van der Waals surface area contributed by atoms with Crippen LogP contribution < -0.4 is 0 Å². The van der Waals surface area contributed by atoms with Gasteiger partial charge in [0.15, 0.2) is 0 Å². The first-order valence-corrected chi connectivity index (χ1v) is 12.4. The van der Waals surface area contributed by atoms with Gasteiger partial charge in [-0.3, -0.25) is 0 Å². The average molecular weight is 449 g/mol. The molecule has 0 heterocycles. The van der Waals surface area contributed by atoms with Crippen LogP contribution in [0.15, 0.2) is 30.4 Å². The highest BCUT2D eigenvalue weighted by atomic mass is 19.4. The van der Waals surface area contributed by atoms with Gasteiger partial charge in [-0.15, -0.1) is 0 Å². The van der Waals surface area contributed by atoms with Crippen molar-refractivity contribution in [3.63, 3.8) is 0 Å². The van der Waals surface area contributed by atoms with E-state index in [0.717, 1.165) is 29.9 Å². The SMILES string of the molecule is CCCCCC1CCC(C2CCC(/C=C/C#Cc3ccc(C(F)(F)F)c(F)c3)CC2)CC1. The molecule has 2 aliphatic carbocycles. The fourth-order valence-electron chi connectivity index (χ4n) is 5.57. The van der Waals surface area contributed by atoms with Crippen LogP contribution in [0.1, 0.15) is 95.1 Å². The fraction of sp³-hybridized carbons (Fsp3) is 0.643. The molecule has 0 aliphatic heterocycles. The third kappa shape index (κ3) is 7.39. The number of benzene rings is 1. The minimum atomic E-state index is -4.68. The Kier molecular flexibility index (Phi) is 9.26. The molecule has 1 aromatic carbocycles. The van der Waals surface area contributed by atoms with E-state index in [0.29, 0.717) is 5.92 Å². The highest BCUT2D eigenvalue weighted by Gasteiger charge is 2.34. The predicted molar refractivity (Wildman–Crippen MR) is 122 cm³/mol. The third-order valence-electron chi connectivity index (χ3n) is 7.53. The maximum atomic E-state index is 13.6. The summed E-state index contributed by atoms with van der Waals surface area (Å²) < 4.78 is 51.5. The van der Waals surface area contributed by atoms with Crippen LogP contribution in [0.4, 0.5) is 17.6 Å². The second kappa shape index (κ2) is 11.9. The molecule has 0 N–H and O–H groups in total. The van der Waals surface area contributed by atoms with Crippen LogP contribution in [0, 0.1) is 41.3 Å². The largest absolute Gasteiger partial charge is 0.419 e. The monoisotopic (exact) mass is 448 g/mol. The van der Waals surface area contributed by atoms with Gasteiger partial charge in [0.1, 0.15) is 5.82 Å². The number of hydrogen-bond donors (Lipinski definition) is 0. The molecule has 2 fully saturated rings. The molecule has 0 spiro atoms. The Bertz CT molecular complexity index is 795. The molecule has 2 saturated carbocycles. The first-order valence-electron chi connectivity index (χ1n) is 12.4. The van der Waals surface area contributed by atoms with E-state index in [-0.39, 0.29) is 5.56 Å². The maximum Gasteiger partial charge on any atom is 0.419 e. The summed E-state index contributed by atoms with van der Waals surface area (Å²) in [4.78, 5) is 0. The van der Waals surface area contributed by atoms with Crippen LogP contribution in [0.3, 0.4) is 0 Å². The summed E-state index contributed by atoms with van der Waals surface area (Å²) in [5.41, 5.74) is -0.991.